The maximum absolute atomic E-state index is 9.82. The summed E-state index contributed by atoms with van der Waals surface area (Å²) in [5, 5.41) is 26.3. The zero-order valence-corrected chi connectivity index (χ0v) is 5.37. The van der Waals surface area contributed by atoms with Gasteiger partial charge in [0, 0.05) is 11.8 Å². The van der Waals surface area contributed by atoms with Crippen LogP contribution in [-0.4, -0.2) is 26.4 Å². The average molecular weight is 156 g/mol. The lowest BCUT2D eigenvalue weighted by atomic mass is 10.3. The Bertz CT molecular complexity index is 123. The summed E-state index contributed by atoms with van der Waals surface area (Å²) in [6.45, 7) is 0.902. The summed E-state index contributed by atoms with van der Waals surface area (Å²) in [6.07, 6.45) is -2.14. The first-order valence-electron chi connectivity index (χ1n) is 2.08. The Morgan fingerprint density at radius 3 is 2.11 bits per heavy atom. The van der Waals surface area contributed by atoms with E-state index < -0.39 is 16.2 Å². The Morgan fingerprint density at radius 1 is 1.78 bits per heavy atom. The van der Waals surface area contributed by atoms with Crippen LogP contribution < -0.4 is 0 Å². The van der Waals surface area contributed by atoms with Crippen molar-refractivity contribution in [1.82, 2.24) is 0 Å². The standard InChI is InChI=1S/C3H6ClNO4/c1-3(4,2(6)7)5(8)9/h2,6-7H,1H3. The molecule has 1 unspecified atom stereocenters. The summed E-state index contributed by atoms with van der Waals surface area (Å²) in [5.41, 5.74) is 0. The summed E-state index contributed by atoms with van der Waals surface area (Å²) < 4.78 is 0. The number of rotatable bonds is 2. The largest absolute Gasteiger partial charge is 0.361 e. The minimum Gasteiger partial charge on any atom is -0.361 e. The molecule has 0 fully saturated rings. The van der Waals surface area contributed by atoms with Crippen LogP contribution in [-0.2, 0) is 0 Å². The molecule has 0 aliphatic rings. The molecule has 2 N–H and O–H groups in total. The molecule has 9 heavy (non-hydrogen) atoms. The van der Waals surface area contributed by atoms with Gasteiger partial charge in [-0.3, -0.25) is 10.1 Å². The number of halogens is 1. The Morgan fingerprint density at radius 2 is 2.11 bits per heavy atom. The smallest absolute Gasteiger partial charge is 0.341 e. The summed E-state index contributed by atoms with van der Waals surface area (Å²) in [7, 11) is 0. The molecule has 0 aromatic heterocycles. The Balaban J connectivity index is 4.19. The normalized spacial score (nSPS) is 17.4. The van der Waals surface area contributed by atoms with E-state index in [1.807, 2.05) is 0 Å². The molecule has 0 radical (unpaired) electrons. The summed E-state index contributed by atoms with van der Waals surface area (Å²) in [6, 6.07) is 0. The summed E-state index contributed by atoms with van der Waals surface area (Å²) >= 11 is 5.01. The van der Waals surface area contributed by atoms with Gasteiger partial charge in [0.1, 0.15) is 0 Å². The predicted octanol–water partition coefficient (Wildman–Crippen LogP) is -0.471. The van der Waals surface area contributed by atoms with Crippen molar-refractivity contribution in [2.24, 2.45) is 0 Å². The number of hydrogen-bond acceptors (Lipinski definition) is 4. The van der Waals surface area contributed by atoms with Crippen LogP contribution >= 0.6 is 11.6 Å². The van der Waals surface area contributed by atoms with E-state index in [0.29, 0.717) is 0 Å². The van der Waals surface area contributed by atoms with Crippen LogP contribution in [0.3, 0.4) is 0 Å². The van der Waals surface area contributed by atoms with E-state index in [-0.39, 0.29) is 0 Å². The molecule has 0 aromatic rings. The van der Waals surface area contributed by atoms with Crippen molar-refractivity contribution in [1.29, 1.82) is 0 Å². The van der Waals surface area contributed by atoms with Crippen LogP contribution in [0.2, 0.25) is 0 Å². The molecule has 0 aliphatic heterocycles. The molecule has 0 bridgehead atoms. The lowest BCUT2D eigenvalue weighted by molar-refractivity contribution is -0.561. The van der Waals surface area contributed by atoms with Gasteiger partial charge >= 0.3 is 5.00 Å². The minimum atomic E-state index is -2.19. The molecule has 5 nitrogen and oxygen atoms in total. The van der Waals surface area contributed by atoms with Crippen LogP contribution in [0.5, 0.6) is 0 Å². The number of nitro groups is 1. The second-order valence-corrected chi connectivity index (χ2v) is 2.42. The molecule has 0 aliphatic carbocycles. The number of alkyl halides is 1. The first-order valence-corrected chi connectivity index (χ1v) is 2.46. The molecule has 0 saturated heterocycles. The fraction of sp³-hybridized carbons (Fsp3) is 1.00. The highest BCUT2D eigenvalue weighted by Gasteiger charge is 2.42. The van der Waals surface area contributed by atoms with Crippen molar-refractivity contribution in [2.45, 2.75) is 18.2 Å². The van der Waals surface area contributed by atoms with E-state index >= 15 is 0 Å². The summed E-state index contributed by atoms with van der Waals surface area (Å²) in [4.78, 5) is 6.65. The van der Waals surface area contributed by atoms with Gasteiger partial charge in [0.25, 0.3) is 0 Å². The monoisotopic (exact) mass is 155 g/mol. The molecule has 0 rings (SSSR count). The third-order valence-corrected chi connectivity index (χ3v) is 1.16. The Kier molecular flexibility index (Phi) is 2.36. The molecule has 6 heteroatoms. The first-order chi connectivity index (χ1) is 3.89. The highest BCUT2D eigenvalue weighted by molar-refractivity contribution is 6.22. The van der Waals surface area contributed by atoms with Crippen molar-refractivity contribution in [3.05, 3.63) is 10.1 Å². The van der Waals surface area contributed by atoms with Crippen LogP contribution in [0.15, 0.2) is 0 Å². The van der Waals surface area contributed by atoms with E-state index in [0.717, 1.165) is 6.92 Å². The van der Waals surface area contributed by atoms with E-state index in [9.17, 15) is 10.1 Å². The van der Waals surface area contributed by atoms with E-state index in [1.54, 1.807) is 0 Å². The molecule has 54 valence electrons. The van der Waals surface area contributed by atoms with Crippen LogP contribution in [0.25, 0.3) is 0 Å². The first kappa shape index (κ1) is 8.61. The Labute approximate surface area is 56.0 Å². The van der Waals surface area contributed by atoms with Crippen LogP contribution in [0, 0.1) is 10.1 Å². The van der Waals surface area contributed by atoms with Crippen LogP contribution in [0.1, 0.15) is 6.92 Å². The van der Waals surface area contributed by atoms with E-state index in [2.05, 4.69) is 0 Å². The van der Waals surface area contributed by atoms with Gasteiger partial charge in [-0.1, -0.05) is 0 Å². The van der Waals surface area contributed by atoms with Gasteiger partial charge in [0.15, 0.2) is 0 Å². The van der Waals surface area contributed by atoms with Gasteiger partial charge in [0.05, 0.1) is 0 Å². The molecular formula is C3H6ClNO4. The molecule has 1 atom stereocenters. The lowest BCUT2D eigenvalue weighted by Crippen LogP contribution is -2.40. The zero-order valence-electron chi connectivity index (χ0n) is 4.61. The fourth-order valence-corrected chi connectivity index (χ4v) is 0.0943. The number of aliphatic hydroxyl groups is 2. The quantitative estimate of drug-likeness (QED) is 0.186. The van der Waals surface area contributed by atoms with Crippen molar-refractivity contribution in [3.63, 3.8) is 0 Å². The second kappa shape index (κ2) is 2.47. The fourth-order valence-electron chi connectivity index (χ4n) is 0.0943. The highest BCUT2D eigenvalue weighted by Crippen LogP contribution is 2.17. The van der Waals surface area contributed by atoms with Crippen LogP contribution in [0.4, 0.5) is 0 Å². The van der Waals surface area contributed by atoms with Gasteiger partial charge in [-0.25, -0.2) is 0 Å². The maximum atomic E-state index is 9.82. The number of nitrogens with zero attached hydrogens (tertiary/aromatic N) is 1. The molecule has 0 heterocycles. The predicted molar refractivity (Wildman–Crippen MR) is 29.5 cm³/mol. The number of hydrogen-bond donors (Lipinski definition) is 2. The van der Waals surface area contributed by atoms with E-state index in [1.165, 1.54) is 0 Å². The summed E-state index contributed by atoms with van der Waals surface area (Å²) in [5.74, 6) is 0. The van der Waals surface area contributed by atoms with E-state index in [4.69, 9.17) is 21.8 Å². The second-order valence-electron chi connectivity index (χ2n) is 1.65. The third-order valence-electron chi connectivity index (χ3n) is 0.828. The van der Waals surface area contributed by atoms with Gasteiger partial charge in [-0.15, -0.1) is 0 Å². The average Bonchev–Trinajstić information content (AvgIpc) is 1.65. The van der Waals surface area contributed by atoms with Gasteiger partial charge < -0.3 is 10.2 Å². The van der Waals surface area contributed by atoms with Crippen molar-refractivity contribution in [2.75, 3.05) is 0 Å². The molecule has 0 saturated carbocycles. The molecule has 0 aromatic carbocycles. The van der Waals surface area contributed by atoms with Crippen molar-refractivity contribution >= 4 is 11.6 Å². The van der Waals surface area contributed by atoms with Crippen molar-refractivity contribution in [3.8, 4) is 0 Å². The molecule has 0 spiro atoms. The maximum Gasteiger partial charge on any atom is 0.341 e. The molecular weight excluding hydrogens is 149 g/mol. The SMILES string of the molecule is CC(Cl)(C(O)O)[N+](=O)[O-]. The third kappa shape index (κ3) is 1.78. The van der Waals surface area contributed by atoms with Gasteiger partial charge in [0.2, 0.25) is 6.29 Å². The Hall–Kier alpha value is -0.390. The van der Waals surface area contributed by atoms with Gasteiger partial charge in [-0.05, 0) is 11.6 Å². The van der Waals surface area contributed by atoms with Crippen molar-refractivity contribution < 1.29 is 15.1 Å². The minimum absolute atomic E-state index is 0.902. The molecule has 0 amide bonds. The highest BCUT2D eigenvalue weighted by atomic mass is 35.5. The topological polar surface area (TPSA) is 83.6 Å². The van der Waals surface area contributed by atoms with Gasteiger partial charge in [-0.2, -0.15) is 0 Å². The zero-order chi connectivity index (χ0) is 7.65. The lowest BCUT2D eigenvalue weighted by Gasteiger charge is -2.13. The number of aliphatic hydroxyl groups excluding tert-OH is 1.